The zero-order valence-electron chi connectivity index (χ0n) is 10.8. The molecular weight excluding hydrogens is 267 g/mol. The third kappa shape index (κ3) is 2.11. The van der Waals surface area contributed by atoms with E-state index in [0.717, 1.165) is 11.1 Å². The number of nitrogens with zero attached hydrogens (tertiary/aromatic N) is 3. The quantitative estimate of drug-likeness (QED) is 0.789. The molecule has 104 valence electrons. The van der Waals surface area contributed by atoms with Gasteiger partial charge in [0.2, 0.25) is 0 Å². The van der Waals surface area contributed by atoms with Crippen molar-refractivity contribution in [3.63, 3.8) is 0 Å². The molecule has 20 heavy (non-hydrogen) atoms. The molecule has 1 aliphatic heterocycles. The molecule has 0 bridgehead atoms. The van der Waals surface area contributed by atoms with Gasteiger partial charge in [-0.05, 0) is 23.1 Å². The number of alkyl halides is 3. The van der Waals surface area contributed by atoms with Gasteiger partial charge in [-0.15, -0.1) is 0 Å². The van der Waals surface area contributed by atoms with Gasteiger partial charge in [-0.25, -0.2) is 0 Å². The van der Waals surface area contributed by atoms with Crippen molar-refractivity contribution in [3.8, 4) is 11.1 Å². The smallest absolute Gasteiger partial charge is 0.292 e. The highest BCUT2D eigenvalue weighted by atomic mass is 19.4. The summed E-state index contributed by atoms with van der Waals surface area (Å²) in [6, 6.07) is 5.33. The average molecular weight is 279 g/mol. The number of benzene rings is 1. The Morgan fingerprint density at radius 2 is 2.00 bits per heavy atom. The van der Waals surface area contributed by atoms with Crippen LogP contribution in [0.15, 0.2) is 29.4 Å². The molecule has 0 N–H and O–H groups in total. The molecule has 3 nitrogen and oxygen atoms in total. The molecule has 0 atom stereocenters. The van der Waals surface area contributed by atoms with Gasteiger partial charge in [0.15, 0.2) is 5.69 Å². The van der Waals surface area contributed by atoms with Gasteiger partial charge in [-0.1, -0.05) is 18.2 Å². The van der Waals surface area contributed by atoms with Crippen LogP contribution < -0.4 is 0 Å². The molecule has 0 saturated carbocycles. The number of aryl methyl sites for hydroxylation is 1. The number of halogens is 3. The molecule has 1 aliphatic rings. The first-order chi connectivity index (χ1) is 9.47. The molecule has 0 saturated heterocycles. The standard InChI is InChI=1S/C14H12F3N3/c1-20-8-12(13(19-20)14(15,16)17)11-4-2-3-9-7-18-6-5-10(9)11/h2-4,7-8H,5-6H2,1H3. The summed E-state index contributed by atoms with van der Waals surface area (Å²) in [5.41, 5.74) is 1.67. The monoisotopic (exact) mass is 279 g/mol. The van der Waals surface area contributed by atoms with Crippen LogP contribution >= 0.6 is 0 Å². The van der Waals surface area contributed by atoms with Crippen molar-refractivity contribution in [2.45, 2.75) is 12.6 Å². The van der Waals surface area contributed by atoms with E-state index < -0.39 is 11.9 Å². The fraction of sp³-hybridized carbons (Fsp3) is 0.286. The molecule has 0 fully saturated rings. The van der Waals surface area contributed by atoms with E-state index in [0.29, 0.717) is 18.5 Å². The van der Waals surface area contributed by atoms with Gasteiger partial charge in [0.1, 0.15) is 0 Å². The Bertz CT molecular complexity index is 683. The largest absolute Gasteiger partial charge is 0.435 e. The van der Waals surface area contributed by atoms with Crippen LogP contribution in [0.2, 0.25) is 0 Å². The van der Waals surface area contributed by atoms with Gasteiger partial charge in [0.05, 0.1) is 0 Å². The second-order valence-corrected chi connectivity index (χ2v) is 4.72. The Hall–Kier alpha value is -2.11. The summed E-state index contributed by atoms with van der Waals surface area (Å²) in [5.74, 6) is 0. The number of aliphatic imine (C=N–C) groups is 1. The van der Waals surface area contributed by atoms with Crippen LogP contribution in [0, 0.1) is 0 Å². The van der Waals surface area contributed by atoms with Gasteiger partial charge in [-0.2, -0.15) is 18.3 Å². The van der Waals surface area contributed by atoms with E-state index >= 15 is 0 Å². The number of aromatic nitrogens is 2. The predicted octanol–water partition coefficient (Wildman–Crippen LogP) is 3.08. The molecule has 3 rings (SSSR count). The predicted molar refractivity (Wildman–Crippen MR) is 69.8 cm³/mol. The van der Waals surface area contributed by atoms with Crippen LogP contribution in [0.4, 0.5) is 13.2 Å². The van der Waals surface area contributed by atoms with E-state index in [4.69, 9.17) is 0 Å². The Kier molecular flexibility index (Phi) is 2.88. The molecular formula is C14H12F3N3. The molecule has 0 unspecified atom stereocenters. The summed E-state index contributed by atoms with van der Waals surface area (Å²) >= 11 is 0. The summed E-state index contributed by atoms with van der Waals surface area (Å²) in [4.78, 5) is 4.16. The van der Waals surface area contributed by atoms with Crippen LogP contribution in [-0.4, -0.2) is 22.5 Å². The number of fused-ring (bicyclic) bond motifs is 1. The summed E-state index contributed by atoms with van der Waals surface area (Å²) in [6.45, 7) is 0.603. The molecule has 0 aliphatic carbocycles. The Balaban J connectivity index is 2.22. The van der Waals surface area contributed by atoms with Gasteiger partial charge in [0, 0.05) is 31.6 Å². The van der Waals surface area contributed by atoms with E-state index in [9.17, 15) is 13.2 Å². The third-order valence-corrected chi connectivity index (χ3v) is 3.32. The van der Waals surface area contributed by atoms with E-state index in [1.54, 1.807) is 18.3 Å². The highest BCUT2D eigenvalue weighted by Crippen LogP contribution is 2.38. The van der Waals surface area contributed by atoms with Crippen molar-refractivity contribution in [1.29, 1.82) is 0 Å². The lowest BCUT2D eigenvalue weighted by molar-refractivity contribution is -0.140. The number of hydrogen-bond acceptors (Lipinski definition) is 2. The van der Waals surface area contributed by atoms with Gasteiger partial charge >= 0.3 is 6.18 Å². The summed E-state index contributed by atoms with van der Waals surface area (Å²) in [7, 11) is 1.50. The molecule has 0 amide bonds. The van der Waals surface area contributed by atoms with E-state index in [1.165, 1.54) is 17.9 Å². The van der Waals surface area contributed by atoms with Crippen molar-refractivity contribution in [2.24, 2.45) is 12.0 Å². The minimum absolute atomic E-state index is 0.132. The maximum absolute atomic E-state index is 13.1. The van der Waals surface area contributed by atoms with E-state index in [-0.39, 0.29) is 5.56 Å². The second kappa shape index (κ2) is 4.47. The number of rotatable bonds is 1. The highest BCUT2D eigenvalue weighted by Gasteiger charge is 2.37. The Morgan fingerprint density at radius 1 is 1.20 bits per heavy atom. The molecule has 2 aromatic rings. The Morgan fingerprint density at radius 3 is 2.75 bits per heavy atom. The third-order valence-electron chi connectivity index (χ3n) is 3.32. The van der Waals surface area contributed by atoms with Crippen LogP contribution in [0.3, 0.4) is 0 Å². The topological polar surface area (TPSA) is 30.2 Å². The lowest BCUT2D eigenvalue weighted by atomic mass is 9.92. The first kappa shape index (κ1) is 12.9. The fourth-order valence-corrected chi connectivity index (χ4v) is 2.49. The average Bonchev–Trinajstić information content (AvgIpc) is 2.80. The van der Waals surface area contributed by atoms with Crippen molar-refractivity contribution in [1.82, 2.24) is 9.78 Å². The van der Waals surface area contributed by atoms with Gasteiger partial charge in [-0.3, -0.25) is 9.67 Å². The Labute approximate surface area is 113 Å². The zero-order chi connectivity index (χ0) is 14.3. The molecule has 1 aromatic heterocycles. The van der Waals surface area contributed by atoms with Gasteiger partial charge < -0.3 is 0 Å². The molecule has 0 radical (unpaired) electrons. The lowest BCUT2D eigenvalue weighted by Crippen LogP contribution is -2.10. The SMILES string of the molecule is Cn1cc(-c2cccc3c2CCN=C3)c(C(F)(F)F)n1. The molecule has 0 spiro atoms. The summed E-state index contributed by atoms with van der Waals surface area (Å²) in [5, 5.41) is 3.57. The minimum Gasteiger partial charge on any atom is -0.292 e. The number of hydrogen-bond donors (Lipinski definition) is 0. The van der Waals surface area contributed by atoms with Crippen LogP contribution in [0.1, 0.15) is 16.8 Å². The van der Waals surface area contributed by atoms with Crippen LogP contribution in [0.5, 0.6) is 0 Å². The van der Waals surface area contributed by atoms with Crippen molar-refractivity contribution in [3.05, 3.63) is 41.2 Å². The first-order valence-electron chi connectivity index (χ1n) is 6.20. The summed E-state index contributed by atoms with van der Waals surface area (Å²) in [6.07, 6.45) is -0.674. The minimum atomic E-state index is -4.46. The first-order valence-corrected chi connectivity index (χ1v) is 6.20. The normalized spacial score (nSPS) is 14.4. The molecule has 1 aromatic carbocycles. The second-order valence-electron chi connectivity index (χ2n) is 4.72. The van der Waals surface area contributed by atoms with Crippen molar-refractivity contribution < 1.29 is 13.2 Å². The van der Waals surface area contributed by atoms with E-state index in [2.05, 4.69) is 10.1 Å². The van der Waals surface area contributed by atoms with Crippen molar-refractivity contribution >= 4 is 6.21 Å². The maximum atomic E-state index is 13.1. The van der Waals surface area contributed by atoms with Crippen molar-refractivity contribution in [2.75, 3.05) is 6.54 Å². The zero-order valence-corrected chi connectivity index (χ0v) is 10.8. The van der Waals surface area contributed by atoms with E-state index in [1.807, 2.05) is 6.07 Å². The fourth-order valence-electron chi connectivity index (χ4n) is 2.49. The lowest BCUT2D eigenvalue weighted by Gasteiger charge is -2.15. The highest BCUT2D eigenvalue weighted by molar-refractivity contribution is 5.87. The molecule has 6 heteroatoms. The van der Waals surface area contributed by atoms with Crippen LogP contribution in [0.25, 0.3) is 11.1 Å². The van der Waals surface area contributed by atoms with Crippen LogP contribution in [-0.2, 0) is 19.6 Å². The maximum Gasteiger partial charge on any atom is 0.435 e. The summed E-state index contributed by atoms with van der Waals surface area (Å²) < 4.78 is 40.4. The molecule has 2 heterocycles. The van der Waals surface area contributed by atoms with Gasteiger partial charge in [0.25, 0.3) is 0 Å².